The zero-order valence-corrected chi connectivity index (χ0v) is 39.0. The highest BCUT2D eigenvalue weighted by atomic mass is 15.1. The van der Waals surface area contributed by atoms with Crippen molar-refractivity contribution < 1.29 is 0 Å². The summed E-state index contributed by atoms with van der Waals surface area (Å²) in [5, 5.41) is 7.43. The topological polar surface area (TPSA) is 8.17 Å². The molecule has 1 heterocycles. The summed E-state index contributed by atoms with van der Waals surface area (Å²) in [7, 11) is 0. The number of aromatic nitrogens is 1. The minimum absolute atomic E-state index is 0.528. The molecule has 0 fully saturated rings. The van der Waals surface area contributed by atoms with Gasteiger partial charge in [-0.1, -0.05) is 218 Å². The van der Waals surface area contributed by atoms with Gasteiger partial charge in [-0.25, -0.2) is 0 Å². The van der Waals surface area contributed by atoms with Crippen molar-refractivity contribution in [1.29, 1.82) is 0 Å². The van der Waals surface area contributed by atoms with Gasteiger partial charge >= 0.3 is 0 Å². The first-order valence-corrected chi connectivity index (χ1v) is 24.6. The van der Waals surface area contributed by atoms with Crippen LogP contribution in [-0.4, -0.2) is 4.57 Å². The molecule has 13 aromatic rings. The third kappa shape index (κ3) is 6.42. The van der Waals surface area contributed by atoms with Gasteiger partial charge in [-0.3, -0.25) is 0 Å². The van der Waals surface area contributed by atoms with E-state index in [1.807, 2.05) is 0 Å². The van der Waals surface area contributed by atoms with Crippen molar-refractivity contribution in [2.45, 2.75) is 5.41 Å². The lowest BCUT2D eigenvalue weighted by molar-refractivity contribution is 0.768. The maximum absolute atomic E-state index is 2.47. The Morgan fingerprint density at radius 3 is 1.62 bits per heavy atom. The fourth-order valence-corrected chi connectivity index (χ4v) is 11.9. The average molecular weight is 903 g/mol. The van der Waals surface area contributed by atoms with Gasteiger partial charge in [0, 0.05) is 33.2 Å². The Bertz CT molecular complexity index is 4120. The number of fused-ring (bicyclic) bond motifs is 8. The minimum atomic E-state index is -0.528. The first-order chi connectivity index (χ1) is 35.2. The van der Waals surface area contributed by atoms with Crippen LogP contribution in [-0.2, 0) is 5.41 Å². The van der Waals surface area contributed by atoms with Gasteiger partial charge < -0.3 is 9.47 Å². The summed E-state index contributed by atoms with van der Waals surface area (Å²) in [6.45, 7) is 0. The maximum Gasteiger partial charge on any atom is 0.0714 e. The van der Waals surface area contributed by atoms with Crippen molar-refractivity contribution in [3.05, 3.63) is 301 Å². The quantitative estimate of drug-likeness (QED) is 0.147. The Labute approximate surface area is 413 Å². The van der Waals surface area contributed by atoms with Gasteiger partial charge in [0.2, 0.25) is 0 Å². The number of benzene rings is 12. The molecule has 0 saturated heterocycles. The SMILES string of the molecule is c1ccc(C2(c3ccccc3)c3ccccc3-c3ccc(N(c4ccc(-c5ccc6c(c5)c5ccccc5n6-c5cccc6ccccc56)cc4)c4cccc(-c5cccc6ccccc56)c4)cc32)cc1. The second-order valence-electron chi connectivity index (χ2n) is 18.8. The lowest BCUT2D eigenvalue weighted by Gasteiger charge is -2.35. The second kappa shape index (κ2) is 16.5. The summed E-state index contributed by atoms with van der Waals surface area (Å²) in [4.78, 5) is 2.45. The van der Waals surface area contributed by atoms with Crippen LogP contribution in [0.15, 0.2) is 279 Å². The van der Waals surface area contributed by atoms with Crippen LogP contribution >= 0.6 is 0 Å². The molecule has 0 bridgehead atoms. The lowest BCUT2D eigenvalue weighted by Crippen LogP contribution is -2.28. The highest BCUT2D eigenvalue weighted by molar-refractivity contribution is 6.12. The zero-order chi connectivity index (χ0) is 46.9. The van der Waals surface area contributed by atoms with E-state index in [1.165, 1.54) is 105 Å². The van der Waals surface area contributed by atoms with Crippen molar-refractivity contribution >= 4 is 60.4 Å². The van der Waals surface area contributed by atoms with Crippen LogP contribution < -0.4 is 4.90 Å². The number of anilines is 3. The molecule has 1 aliphatic rings. The summed E-state index contributed by atoms with van der Waals surface area (Å²) in [5.74, 6) is 0. The Kier molecular flexibility index (Phi) is 9.47. The molecule has 71 heavy (non-hydrogen) atoms. The average Bonchev–Trinajstić information content (AvgIpc) is 3.94. The van der Waals surface area contributed by atoms with Crippen molar-refractivity contribution in [3.63, 3.8) is 0 Å². The molecule has 1 aliphatic carbocycles. The van der Waals surface area contributed by atoms with Crippen LogP contribution in [0.4, 0.5) is 17.1 Å². The van der Waals surface area contributed by atoms with Crippen molar-refractivity contribution in [2.75, 3.05) is 4.90 Å². The number of hydrogen-bond acceptors (Lipinski definition) is 1. The molecular weight excluding hydrogens is 857 g/mol. The fourth-order valence-electron chi connectivity index (χ4n) is 11.9. The molecule has 0 saturated carbocycles. The molecule has 0 spiro atoms. The highest BCUT2D eigenvalue weighted by Crippen LogP contribution is 2.57. The molecule has 0 atom stereocenters. The first kappa shape index (κ1) is 40.8. The Balaban J connectivity index is 0.942. The van der Waals surface area contributed by atoms with Crippen LogP contribution in [0.25, 0.3) is 82.4 Å². The minimum Gasteiger partial charge on any atom is -0.310 e. The first-order valence-electron chi connectivity index (χ1n) is 24.6. The van der Waals surface area contributed by atoms with E-state index in [0.29, 0.717) is 0 Å². The van der Waals surface area contributed by atoms with Gasteiger partial charge in [-0.2, -0.15) is 0 Å². The monoisotopic (exact) mass is 902 g/mol. The Hall–Kier alpha value is -9.24. The molecule has 2 heteroatoms. The van der Waals surface area contributed by atoms with Crippen molar-refractivity contribution in [3.8, 4) is 39.1 Å². The molecule has 12 aromatic carbocycles. The summed E-state index contributed by atoms with van der Waals surface area (Å²) < 4.78 is 2.43. The number of para-hydroxylation sites is 1. The molecule has 0 aliphatic heterocycles. The molecule has 0 amide bonds. The van der Waals surface area contributed by atoms with Gasteiger partial charge in [-0.05, 0) is 132 Å². The van der Waals surface area contributed by atoms with Crippen LogP contribution in [0.1, 0.15) is 22.3 Å². The normalized spacial score (nSPS) is 12.6. The molecule has 2 nitrogen and oxygen atoms in total. The van der Waals surface area contributed by atoms with E-state index in [0.717, 1.165) is 17.1 Å². The largest absolute Gasteiger partial charge is 0.310 e. The summed E-state index contributed by atoms with van der Waals surface area (Å²) in [6.07, 6.45) is 0. The Morgan fingerprint density at radius 2 is 0.831 bits per heavy atom. The molecule has 0 N–H and O–H groups in total. The molecule has 1 aromatic heterocycles. The zero-order valence-electron chi connectivity index (χ0n) is 39.0. The summed E-state index contributed by atoms with van der Waals surface area (Å²) >= 11 is 0. The van der Waals surface area contributed by atoms with E-state index in [2.05, 4.69) is 289 Å². The number of rotatable bonds is 8. The van der Waals surface area contributed by atoms with Gasteiger partial charge in [-0.15, -0.1) is 0 Å². The van der Waals surface area contributed by atoms with Gasteiger partial charge in [0.15, 0.2) is 0 Å². The lowest BCUT2D eigenvalue weighted by atomic mass is 9.67. The number of hydrogen-bond donors (Lipinski definition) is 0. The van der Waals surface area contributed by atoms with Gasteiger partial charge in [0.05, 0.1) is 22.1 Å². The molecular formula is C69H46N2. The van der Waals surface area contributed by atoms with Crippen LogP contribution in [0.5, 0.6) is 0 Å². The van der Waals surface area contributed by atoms with Crippen LogP contribution in [0, 0.1) is 0 Å². The van der Waals surface area contributed by atoms with Gasteiger partial charge in [0.1, 0.15) is 0 Å². The van der Waals surface area contributed by atoms with E-state index in [1.54, 1.807) is 0 Å². The predicted octanol–water partition coefficient (Wildman–Crippen LogP) is 18.3. The van der Waals surface area contributed by atoms with Crippen molar-refractivity contribution in [2.24, 2.45) is 0 Å². The second-order valence-corrected chi connectivity index (χ2v) is 18.8. The van der Waals surface area contributed by atoms with E-state index in [4.69, 9.17) is 0 Å². The molecule has 332 valence electrons. The maximum atomic E-state index is 2.47. The van der Waals surface area contributed by atoms with E-state index in [-0.39, 0.29) is 0 Å². The van der Waals surface area contributed by atoms with E-state index in [9.17, 15) is 0 Å². The van der Waals surface area contributed by atoms with E-state index < -0.39 is 5.41 Å². The third-order valence-corrected chi connectivity index (χ3v) is 15.0. The van der Waals surface area contributed by atoms with Crippen LogP contribution in [0.2, 0.25) is 0 Å². The highest BCUT2D eigenvalue weighted by Gasteiger charge is 2.46. The summed E-state index contributed by atoms with van der Waals surface area (Å²) in [5.41, 5.74) is 18.7. The smallest absolute Gasteiger partial charge is 0.0714 e. The predicted molar refractivity (Wildman–Crippen MR) is 299 cm³/mol. The Morgan fingerprint density at radius 1 is 0.282 bits per heavy atom. The molecule has 14 rings (SSSR count). The van der Waals surface area contributed by atoms with E-state index >= 15 is 0 Å². The fraction of sp³-hybridized carbons (Fsp3) is 0.0145. The molecule has 0 unspecified atom stereocenters. The standard InChI is InChI=1S/C69H46N2/c1-3-23-52(24-4-1)69(53-25-5-2-6-26-53)64-33-13-11-30-60(64)61-42-41-56(46-65(61)69)70(55-27-15-22-51(44-55)58-32-16-20-48-18-7-9-28-57(48)58)54-39-36-47(37-40-54)50-38-43-68-63(45-50)62-31-12-14-34-67(62)71(68)66-35-17-21-49-19-8-10-29-59(49)66/h1-46H. The third-order valence-electron chi connectivity index (χ3n) is 15.0. The molecule has 0 radical (unpaired) electrons. The number of nitrogens with zero attached hydrogens (tertiary/aromatic N) is 2. The van der Waals surface area contributed by atoms with Crippen LogP contribution in [0.3, 0.4) is 0 Å². The van der Waals surface area contributed by atoms with Crippen molar-refractivity contribution in [1.82, 2.24) is 4.57 Å². The summed E-state index contributed by atoms with van der Waals surface area (Å²) in [6, 6.07) is 103. The van der Waals surface area contributed by atoms with Gasteiger partial charge in [0.25, 0.3) is 0 Å².